The van der Waals surface area contributed by atoms with Crippen LogP contribution in [0.25, 0.3) is 0 Å². The summed E-state index contributed by atoms with van der Waals surface area (Å²) in [5.74, 6) is 0.885. The van der Waals surface area contributed by atoms with Crippen LogP contribution in [0.3, 0.4) is 0 Å². The van der Waals surface area contributed by atoms with Crippen molar-refractivity contribution in [3.8, 4) is 0 Å². The van der Waals surface area contributed by atoms with Gasteiger partial charge in [-0.3, -0.25) is 15.3 Å². The Hall–Kier alpha value is -1.82. The first-order valence-electron chi connectivity index (χ1n) is 8.40. The lowest BCUT2D eigenvalue weighted by molar-refractivity contribution is 0.0564. The summed E-state index contributed by atoms with van der Waals surface area (Å²) in [6.07, 6.45) is 0.439. The molecule has 1 atom stereocenters. The van der Waals surface area contributed by atoms with E-state index in [9.17, 15) is 4.79 Å². The monoisotopic (exact) mass is 361 g/mol. The lowest BCUT2D eigenvalue weighted by Crippen LogP contribution is -2.38. The molecule has 1 unspecified atom stereocenters. The number of rotatable bonds is 2. The number of carbonyl (C=O) groups is 1. The molecule has 0 aliphatic carbocycles. The Balaban J connectivity index is 2.24. The van der Waals surface area contributed by atoms with E-state index in [-0.39, 0.29) is 5.54 Å². The van der Waals surface area contributed by atoms with E-state index in [2.05, 4.69) is 35.4 Å². The second-order valence-corrected chi connectivity index (χ2v) is 8.39. The molecule has 0 bridgehead atoms. The van der Waals surface area contributed by atoms with Crippen LogP contribution in [0, 0.1) is 0 Å². The molecule has 0 radical (unpaired) electrons. The van der Waals surface area contributed by atoms with Crippen molar-refractivity contribution in [2.45, 2.75) is 52.2 Å². The highest BCUT2D eigenvalue weighted by atomic mass is 32.2. The zero-order chi connectivity index (χ0) is 18.7. The van der Waals surface area contributed by atoms with Gasteiger partial charge in [0.15, 0.2) is 5.17 Å². The number of ether oxygens (including phenoxy) is 1. The molecule has 0 aromatic heterocycles. The van der Waals surface area contributed by atoms with Crippen molar-refractivity contribution in [3.05, 3.63) is 35.4 Å². The van der Waals surface area contributed by atoms with Gasteiger partial charge in [-0.25, -0.2) is 4.79 Å². The van der Waals surface area contributed by atoms with Gasteiger partial charge in [-0.05, 0) is 58.2 Å². The summed E-state index contributed by atoms with van der Waals surface area (Å²) < 4.78 is 5.32. The van der Waals surface area contributed by atoms with Crippen LogP contribution in [0.5, 0.6) is 0 Å². The zero-order valence-electron chi connectivity index (χ0n) is 15.8. The quantitative estimate of drug-likeness (QED) is 0.796. The van der Waals surface area contributed by atoms with E-state index >= 15 is 0 Å². The maximum atomic E-state index is 12.0. The van der Waals surface area contributed by atoms with Crippen molar-refractivity contribution in [3.63, 3.8) is 0 Å². The lowest BCUT2D eigenvalue weighted by Gasteiger charge is -2.31. The van der Waals surface area contributed by atoms with Crippen molar-refractivity contribution >= 4 is 28.7 Å². The number of thioether (sulfide) groups is 1. The maximum Gasteiger partial charge on any atom is 0.413 e. The zero-order valence-corrected chi connectivity index (χ0v) is 16.7. The molecule has 1 N–H and O–H groups in total. The Kier molecular flexibility index (Phi) is 5.93. The number of nitrogens with one attached hydrogen (secondary N) is 1. The topological polar surface area (TPSA) is 63.0 Å². The van der Waals surface area contributed by atoms with E-state index in [4.69, 9.17) is 9.73 Å². The first-order valence-corrected chi connectivity index (χ1v) is 9.38. The van der Waals surface area contributed by atoms with Crippen LogP contribution in [0.15, 0.2) is 34.3 Å². The van der Waals surface area contributed by atoms with Crippen molar-refractivity contribution in [1.82, 2.24) is 5.32 Å². The van der Waals surface area contributed by atoms with Gasteiger partial charge in [0, 0.05) is 18.5 Å². The van der Waals surface area contributed by atoms with E-state index in [0.29, 0.717) is 5.17 Å². The van der Waals surface area contributed by atoms with Gasteiger partial charge in [-0.15, -0.1) is 0 Å². The molecule has 1 aromatic rings. The predicted octanol–water partition coefficient (Wildman–Crippen LogP) is 4.36. The molecule has 6 heteroatoms. The molecule has 1 aliphatic rings. The third-order valence-corrected chi connectivity index (χ3v) is 4.90. The predicted molar refractivity (Wildman–Crippen MR) is 106 cm³/mol. The number of hydrogen-bond donors (Lipinski definition) is 1. The van der Waals surface area contributed by atoms with Gasteiger partial charge >= 0.3 is 6.09 Å². The molecule has 0 saturated heterocycles. The van der Waals surface area contributed by atoms with Crippen LogP contribution >= 0.6 is 11.8 Å². The Morgan fingerprint density at radius 2 is 2.12 bits per heavy atom. The van der Waals surface area contributed by atoms with E-state index in [0.717, 1.165) is 29.0 Å². The van der Waals surface area contributed by atoms with Crippen molar-refractivity contribution in [2.24, 2.45) is 9.98 Å². The summed E-state index contributed by atoms with van der Waals surface area (Å²) in [5, 5.41) is 3.38. The first kappa shape index (κ1) is 19.5. The molecule has 5 nitrogen and oxygen atoms in total. The Morgan fingerprint density at radius 1 is 1.40 bits per heavy atom. The van der Waals surface area contributed by atoms with Gasteiger partial charge in [0.1, 0.15) is 5.60 Å². The number of alkyl carbamates (subject to hydrolysis) is 1. The molecule has 1 amide bonds. The van der Waals surface area contributed by atoms with E-state index in [1.54, 1.807) is 18.8 Å². The molecular weight excluding hydrogens is 334 g/mol. The minimum atomic E-state index is -0.529. The van der Waals surface area contributed by atoms with Crippen molar-refractivity contribution in [1.29, 1.82) is 0 Å². The molecule has 1 aliphatic heterocycles. The number of amides is 1. The van der Waals surface area contributed by atoms with Crippen LogP contribution in [0.4, 0.5) is 4.79 Å². The number of carbonyl (C=O) groups excluding carboxylic acids is 1. The number of nitrogens with zero attached hydrogens (tertiary/aromatic N) is 2. The molecular formula is C19H27N3O2S. The van der Waals surface area contributed by atoms with E-state index in [1.165, 1.54) is 0 Å². The average Bonchev–Trinajstić information content (AvgIpc) is 2.52. The van der Waals surface area contributed by atoms with Crippen LogP contribution in [0.1, 0.15) is 52.2 Å². The molecule has 0 fully saturated rings. The van der Waals surface area contributed by atoms with Gasteiger partial charge in [0.05, 0.1) is 5.54 Å². The Morgan fingerprint density at radius 3 is 2.76 bits per heavy atom. The highest BCUT2D eigenvalue weighted by Crippen LogP contribution is 2.35. The second kappa shape index (κ2) is 7.60. The van der Waals surface area contributed by atoms with Crippen molar-refractivity contribution < 1.29 is 9.53 Å². The fourth-order valence-electron chi connectivity index (χ4n) is 2.53. The third-order valence-electron chi connectivity index (χ3n) is 4.02. The summed E-state index contributed by atoms with van der Waals surface area (Å²) >= 11 is 1.54. The van der Waals surface area contributed by atoms with Crippen LogP contribution < -0.4 is 5.32 Å². The molecule has 2 rings (SSSR count). The summed E-state index contributed by atoms with van der Waals surface area (Å²) in [5.41, 5.74) is 2.30. The lowest BCUT2D eigenvalue weighted by atomic mass is 9.88. The fraction of sp³-hybridized carbons (Fsp3) is 0.526. The highest BCUT2D eigenvalue weighted by Gasteiger charge is 2.31. The van der Waals surface area contributed by atoms with Gasteiger partial charge in [0.25, 0.3) is 0 Å². The minimum absolute atomic E-state index is 0.375. The van der Waals surface area contributed by atoms with E-state index in [1.807, 2.05) is 33.8 Å². The Bertz CT molecular complexity index is 707. The Labute approximate surface area is 154 Å². The molecule has 0 saturated carbocycles. The SMILES string of the molecule is C/N=C(\C)c1cccc(C2(C)CCSC(NC(=O)OC(C)(C)C)=N2)c1. The smallest absolute Gasteiger partial charge is 0.413 e. The number of benzene rings is 1. The van der Waals surface area contributed by atoms with E-state index < -0.39 is 11.7 Å². The van der Waals surface area contributed by atoms with Gasteiger partial charge < -0.3 is 4.74 Å². The summed E-state index contributed by atoms with van der Waals surface area (Å²) in [6, 6.07) is 8.29. The number of aliphatic imine (C=N–C) groups is 2. The van der Waals surface area contributed by atoms with Gasteiger partial charge in [-0.2, -0.15) is 0 Å². The molecule has 25 heavy (non-hydrogen) atoms. The van der Waals surface area contributed by atoms with Crippen molar-refractivity contribution in [2.75, 3.05) is 12.8 Å². The number of amidine groups is 1. The van der Waals surface area contributed by atoms with Crippen LogP contribution in [0.2, 0.25) is 0 Å². The maximum absolute atomic E-state index is 12.0. The normalized spacial score (nSPS) is 21.5. The largest absolute Gasteiger partial charge is 0.444 e. The standard InChI is InChI=1S/C19H27N3O2S/c1-13(20-6)14-8-7-9-15(12-14)19(5)10-11-25-16(22-19)21-17(23)24-18(2,3)4/h7-9,12H,10-11H2,1-6H3,(H,21,22,23)/b20-13+. The highest BCUT2D eigenvalue weighted by molar-refractivity contribution is 8.13. The average molecular weight is 362 g/mol. The molecule has 0 spiro atoms. The summed E-state index contributed by atoms with van der Waals surface area (Å²) in [6.45, 7) is 9.62. The minimum Gasteiger partial charge on any atom is -0.444 e. The molecule has 1 aromatic carbocycles. The number of hydrogen-bond acceptors (Lipinski definition) is 5. The second-order valence-electron chi connectivity index (χ2n) is 7.31. The molecule has 136 valence electrons. The third kappa shape index (κ3) is 5.33. The van der Waals surface area contributed by atoms with Gasteiger partial charge in [-0.1, -0.05) is 30.0 Å². The van der Waals surface area contributed by atoms with Crippen LogP contribution in [-0.4, -0.2) is 35.4 Å². The van der Waals surface area contributed by atoms with Crippen LogP contribution in [-0.2, 0) is 10.3 Å². The summed E-state index contributed by atoms with van der Waals surface area (Å²) in [4.78, 5) is 21.1. The first-order chi connectivity index (χ1) is 11.6. The summed E-state index contributed by atoms with van der Waals surface area (Å²) in [7, 11) is 1.79. The fourth-order valence-corrected chi connectivity index (χ4v) is 3.65. The van der Waals surface area contributed by atoms with Gasteiger partial charge in [0.2, 0.25) is 0 Å². The molecule has 1 heterocycles.